The van der Waals surface area contributed by atoms with E-state index in [0.29, 0.717) is 23.2 Å². The number of carbonyl (C=O) groups excluding carboxylic acids is 3. The van der Waals surface area contributed by atoms with Crippen molar-refractivity contribution in [2.45, 2.75) is 12.5 Å². The molecule has 0 aliphatic carbocycles. The standard InChI is InChI=1S/C24H21F2N5O5/c1-31(20-11-28-7-6-14(20)12-32)24(36)29-16-4-2-13(3-5-16)8-19(23(34)35)30-22(33)21-17(25)9-15(27)10-18(21)26/h2-7,9-12,19H,8,27H2,1H3,(H,29,36)(H,30,33)(H,34,35)/p+1. The normalized spacial score (nSPS) is 11.3. The van der Waals surface area contributed by atoms with Gasteiger partial charge in [0.05, 0.1) is 11.9 Å². The van der Waals surface area contributed by atoms with Crippen LogP contribution in [0.5, 0.6) is 0 Å². The van der Waals surface area contributed by atoms with Gasteiger partial charge >= 0.3 is 12.0 Å². The Balaban J connectivity index is 1.68. The van der Waals surface area contributed by atoms with E-state index in [9.17, 15) is 33.1 Å². The lowest BCUT2D eigenvalue weighted by atomic mass is 10.0. The Morgan fingerprint density at radius 3 is 2.36 bits per heavy atom. The van der Waals surface area contributed by atoms with Gasteiger partial charge in [0.2, 0.25) is 0 Å². The number of aromatic nitrogens is 1. The van der Waals surface area contributed by atoms with E-state index in [0.717, 1.165) is 12.1 Å². The SMILES string of the molecule is CN(C(=O)Nc1ccc(CC(NC(=O)c2c(F)cc([NH3+])cc2F)C(=O)O)cc1)c1cnccc1C=O. The number of quaternary nitrogens is 1. The topological polar surface area (TPSA) is 156 Å². The number of nitrogens with one attached hydrogen (secondary N) is 2. The van der Waals surface area contributed by atoms with E-state index in [1.165, 1.54) is 54.7 Å². The number of carboxylic acids is 1. The van der Waals surface area contributed by atoms with Crippen molar-refractivity contribution in [3.63, 3.8) is 0 Å². The van der Waals surface area contributed by atoms with Gasteiger partial charge in [-0.05, 0) is 23.8 Å². The number of benzene rings is 2. The third-order valence-corrected chi connectivity index (χ3v) is 5.20. The molecule has 12 heteroatoms. The Morgan fingerprint density at radius 1 is 1.14 bits per heavy atom. The molecule has 186 valence electrons. The number of nitrogens with zero attached hydrogens (tertiary/aromatic N) is 2. The first-order chi connectivity index (χ1) is 17.1. The van der Waals surface area contributed by atoms with E-state index < -0.39 is 41.1 Å². The summed E-state index contributed by atoms with van der Waals surface area (Å²) in [5, 5.41) is 14.3. The first kappa shape index (κ1) is 25.9. The minimum atomic E-state index is -1.48. The molecule has 1 atom stereocenters. The van der Waals surface area contributed by atoms with Crippen LogP contribution in [0.3, 0.4) is 0 Å². The average molecular weight is 498 g/mol. The van der Waals surface area contributed by atoms with E-state index in [-0.39, 0.29) is 17.7 Å². The zero-order valence-corrected chi connectivity index (χ0v) is 19.0. The second-order valence-electron chi connectivity index (χ2n) is 7.74. The molecule has 3 amide bonds. The molecular weight excluding hydrogens is 476 g/mol. The van der Waals surface area contributed by atoms with Gasteiger partial charge in [-0.1, -0.05) is 12.1 Å². The Morgan fingerprint density at radius 2 is 1.78 bits per heavy atom. The van der Waals surface area contributed by atoms with Crippen molar-refractivity contribution in [2.24, 2.45) is 0 Å². The second-order valence-corrected chi connectivity index (χ2v) is 7.74. The molecule has 0 radical (unpaired) electrons. The zero-order chi connectivity index (χ0) is 26.4. The number of carboxylic acid groups (broad SMARTS) is 1. The number of hydrogen-bond acceptors (Lipinski definition) is 5. The van der Waals surface area contributed by atoms with Crippen molar-refractivity contribution in [1.82, 2.24) is 10.3 Å². The molecule has 36 heavy (non-hydrogen) atoms. The van der Waals surface area contributed by atoms with Crippen molar-refractivity contribution < 1.29 is 38.8 Å². The van der Waals surface area contributed by atoms with Crippen LogP contribution in [0.1, 0.15) is 26.3 Å². The molecule has 10 nitrogen and oxygen atoms in total. The van der Waals surface area contributed by atoms with E-state index in [2.05, 4.69) is 21.4 Å². The Hall–Kier alpha value is -4.71. The van der Waals surface area contributed by atoms with Crippen molar-refractivity contribution in [3.8, 4) is 0 Å². The van der Waals surface area contributed by atoms with Crippen molar-refractivity contribution in [1.29, 1.82) is 0 Å². The van der Waals surface area contributed by atoms with Gasteiger partial charge in [0.25, 0.3) is 5.91 Å². The lowest BCUT2D eigenvalue weighted by molar-refractivity contribution is -0.255. The number of aldehydes is 1. The van der Waals surface area contributed by atoms with Crippen LogP contribution < -0.4 is 21.3 Å². The van der Waals surface area contributed by atoms with Gasteiger partial charge < -0.3 is 21.5 Å². The summed E-state index contributed by atoms with van der Waals surface area (Å²) in [6.45, 7) is 0. The average Bonchev–Trinajstić information content (AvgIpc) is 2.83. The maximum atomic E-state index is 14.0. The van der Waals surface area contributed by atoms with Crippen LogP contribution in [-0.4, -0.2) is 47.4 Å². The van der Waals surface area contributed by atoms with Crippen LogP contribution in [0.4, 0.5) is 30.6 Å². The van der Waals surface area contributed by atoms with Gasteiger partial charge in [0, 0.05) is 43.0 Å². The molecule has 1 unspecified atom stereocenters. The number of carbonyl (C=O) groups is 4. The predicted molar refractivity (Wildman–Crippen MR) is 125 cm³/mol. The molecule has 0 aliphatic rings. The van der Waals surface area contributed by atoms with Crippen LogP contribution in [0.2, 0.25) is 0 Å². The summed E-state index contributed by atoms with van der Waals surface area (Å²) in [4.78, 5) is 52.9. The number of amides is 3. The number of hydrogen-bond donors (Lipinski definition) is 4. The highest BCUT2D eigenvalue weighted by Gasteiger charge is 2.26. The van der Waals surface area contributed by atoms with Gasteiger partial charge in [0.1, 0.15) is 28.9 Å². The number of aliphatic carboxylic acids is 1. The minimum Gasteiger partial charge on any atom is -0.480 e. The highest BCUT2D eigenvalue weighted by atomic mass is 19.1. The molecule has 1 heterocycles. The molecule has 1 aromatic heterocycles. The fourth-order valence-electron chi connectivity index (χ4n) is 3.33. The molecular formula is C24H22F2N5O5+. The summed E-state index contributed by atoms with van der Waals surface area (Å²) in [5.74, 6) is -4.93. The minimum absolute atomic E-state index is 0.0272. The van der Waals surface area contributed by atoms with Gasteiger partial charge in [-0.3, -0.25) is 19.5 Å². The smallest absolute Gasteiger partial charge is 0.326 e. The molecule has 0 fully saturated rings. The Labute approximate surface area is 203 Å². The van der Waals surface area contributed by atoms with E-state index in [1.807, 2.05) is 0 Å². The fraction of sp³-hybridized carbons (Fsp3) is 0.125. The number of pyridine rings is 1. The summed E-state index contributed by atoms with van der Waals surface area (Å²) in [6.07, 6.45) is 3.21. The summed E-state index contributed by atoms with van der Waals surface area (Å²) in [6, 6.07) is 7.25. The zero-order valence-electron chi connectivity index (χ0n) is 19.0. The van der Waals surface area contributed by atoms with Crippen LogP contribution >= 0.6 is 0 Å². The van der Waals surface area contributed by atoms with Crippen molar-refractivity contribution in [3.05, 3.63) is 83.2 Å². The van der Waals surface area contributed by atoms with E-state index in [4.69, 9.17) is 0 Å². The maximum Gasteiger partial charge on any atom is 0.326 e. The summed E-state index contributed by atoms with van der Waals surface area (Å²) < 4.78 is 28.1. The summed E-state index contributed by atoms with van der Waals surface area (Å²) in [7, 11) is 1.46. The molecule has 2 aromatic carbocycles. The molecule has 6 N–H and O–H groups in total. The fourth-order valence-corrected chi connectivity index (χ4v) is 3.33. The van der Waals surface area contributed by atoms with Crippen LogP contribution in [0.25, 0.3) is 0 Å². The summed E-state index contributed by atoms with van der Waals surface area (Å²) in [5.41, 5.74) is 3.95. The lowest BCUT2D eigenvalue weighted by Crippen LogP contribution is -2.43. The van der Waals surface area contributed by atoms with Gasteiger partial charge in [-0.2, -0.15) is 0 Å². The maximum absolute atomic E-state index is 14.0. The third kappa shape index (κ3) is 6.04. The van der Waals surface area contributed by atoms with Gasteiger partial charge in [0.15, 0.2) is 6.29 Å². The summed E-state index contributed by atoms with van der Waals surface area (Å²) >= 11 is 0. The first-order valence-corrected chi connectivity index (χ1v) is 10.5. The molecule has 0 saturated heterocycles. The first-order valence-electron chi connectivity index (χ1n) is 10.5. The highest BCUT2D eigenvalue weighted by molar-refractivity contribution is 6.04. The number of rotatable bonds is 8. The third-order valence-electron chi connectivity index (χ3n) is 5.20. The van der Waals surface area contributed by atoms with Crippen LogP contribution in [0.15, 0.2) is 54.9 Å². The molecule has 0 spiro atoms. The number of anilines is 2. The lowest BCUT2D eigenvalue weighted by Gasteiger charge is -2.19. The van der Waals surface area contributed by atoms with Gasteiger partial charge in [-0.25, -0.2) is 18.4 Å². The van der Waals surface area contributed by atoms with E-state index in [1.54, 1.807) is 0 Å². The molecule has 3 aromatic rings. The monoisotopic (exact) mass is 498 g/mol. The van der Waals surface area contributed by atoms with E-state index >= 15 is 0 Å². The predicted octanol–water partition coefficient (Wildman–Crippen LogP) is 2.14. The number of urea groups is 1. The van der Waals surface area contributed by atoms with Crippen molar-refractivity contribution >= 4 is 41.3 Å². The molecule has 3 rings (SSSR count). The molecule has 0 aliphatic heterocycles. The highest BCUT2D eigenvalue weighted by Crippen LogP contribution is 2.19. The number of halogens is 2. The second kappa shape index (κ2) is 11.1. The van der Waals surface area contributed by atoms with Crippen LogP contribution in [0, 0.1) is 11.6 Å². The van der Waals surface area contributed by atoms with Crippen molar-refractivity contribution in [2.75, 3.05) is 17.3 Å². The molecule has 0 saturated carbocycles. The quantitative estimate of drug-likeness (QED) is 0.349. The van der Waals surface area contributed by atoms with Crippen LogP contribution in [-0.2, 0) is 11.2 Å². The molecule has 0 bridgehead atoms. The Kier molecular flexibility index (Phi) is 8.02. The Bertz CT molecular complexity index is 1290. The largest absolute Gasteiger partial charge is 0.480 e. The van der Waals surface area contributed by atoms with Gasteiger partial charge in [-0.15, -0.1) is 0 Å².